The largest absolute Gasteiger partial charge is 0.380 e. The lowest BCUT2D eigenvalue weighted by molar-refractivity contribution is 0.712. The van der Waals surface area contributed by atoms with E-state index in [-0.39, 0.29) is 0 Å². The molecule has 0 bridgehead atoms. The second kappa shape index (κ2) is 5.66. The van der Waals surface area contributed by atoms with Crippen molar-refractivity contribution in [3.8, 4) is 0 Å². The van der Waals surface area contributed by atoms with Gasteiger partial charge in [0.1, 0.15) is 0 Å². The van der Waals surface area contributed by atoms with Crippen LogP contribution in [0, 0.1) is 6.92 Å². The third kappa shape index (κ3) is 3.29. The Morgan fingerprint density at radius 3 is 2.74 bits per heavy atom. The van der Waals surface area contributed by atoms with Gasteiger partial charge in [0.25, 0.3) is 0 Å². The summed E-state index contributed by atoms with van der Waals surface area (Å²) in [6, 6.07) is 6.04. The quantitative estimate of drug-likeness (QED) is 0.911. The molecule has 0 aliphatic heterocycles. The van der Waals surface area contributed by atoms with Crippen molar-refractivity contribution >= 4 is 17.3 Å². The summed E-state index contributed by atoms with van der Waals surface area (Å²) < 4.78 is 1.86. The first kappa shape index (κ1) is 13.9. The Balaban J connectivity index is 2.14. The predicted octanol–water partition coefficient (Wildman–Crippen LogP) is 4.12. The van der Waals surface area contributed by atoms with Gasteiger partial charge in [-0.2, -0.15) is 5.10 Å². The average molecular weight is 278 g/mol. The van der Waals surface area contributed by atoms with Crippen LogP contribution in [0.1, 0.15) is 36.6 Å². The third-order valence-corrected chi connectivity index (χ3v) is 3.39. The van der Waals surface area contributed by atoms with E-state index in [4.69, 9.17) is 11.6 Å². The molecular formula is C15H20ClN3. The molecule has 1 aromatic carbocycles. The monoisotopic (exact) mass is 277 g/mol. The molecule has 0 saturated heterocycles. The molecule has 0 radical (unpaired) electrons. The maximum atomic E-state index is 6.22. The van der Waals surface area contributed by atoms with Crippen molar-refractivity contribution in [2.75, 3.05) is 5.32 Å². The molecule has 2 aromatic rings. The van der Waals surface area contributed by atoms with Gasteiger partial charge in [-0.05, 0) is 30.5 Å². The summed E-state index contributed by atoms with van der Waals surface area (Å²) in [6.07, 6.45) is 2.06. The lowest BCUT2D eigenvalue weighted by Gasteiger charge is -2.10. The lowest BCUT2D eigenvalue weighted by Crippen LogP contribution is -2.03. The highest BCUT2D eigenvalue weighted by Gasteiger charge is 2.11. The van der Waals surface area contributed by atoms with Crippen molar-refractivity contribution in [1.29, 1.82) is 0 Å². The summed E-state index contributed by atoms with van der Waals surface area (Å²) in [7, 11) is 1.95. The number of aromatic nitrogens is 2. The van der Waals surface area contributed by atoms with E-state index in [9.17, 15) is 0 Å². The van der Waals surface area contributed by atoms with Crippen LogP contribution in [0.3, 0.4) is 0 Å². The molecule has 4 heteroatoms. The summed E-state index contributed by atoms with van der Waals surface area (Å²) in [6.45, 7) is 7.09. The number of nitrogens with zero attached hydrogens (tertiary/aromatic N) is 2. The predicted molar refractivity (Wildman–Crippen MR) is 80.8 cm³/mol. The molecule has 0 fully saturated rings. The van der Waals surface area contributed by atoms with Gasteiger partial charge in [-0.15, -0.1) is 0 Å². The molecule has 0 spiro atoms. The molecule has 0 atom stereocenters. The smallest absolute Gasteiger partial charge is 0.0699 e. The zero-order valence-corrected chi connectivity index (χ0v) is 12.6. The van der Waals surface area contributed by atoms with E-state index in [1.54, 1.807) is 0 Å². The number of benzene rings is 1. The van der Waals surface area contributed by atoms with Gasteiger partial charge < -0.3 is 5.32 Å². The Labute approximate surface area is 119 Å². The van der Waals surface area contributed by atoms with Gasteiger partial charge in [0.15, 0.2) is 0 Å². The molecule has 1 heterocycles. The van der Waals surface area contributed by atoms with Crippen molar-refractivity contribution in [3.05, 3.63) is 46.2 Å². The number of hydrogen-bond donors (Lipinski definition) is 1. The van der Waals surface area contributed by atoms with E-state index in [2.05, 4.69) is 36.5 Å². The highest BCUT2D eigenvalue weighted by molar-refractivity contribution is 6.33. The highest BCUT2D eigenvalue weighted by Crippen LogP contribution is 2.24. The van der Waals surface area contributed by atoms with E-state index in [0.717, 1.165) is 22.9 Å². The third-order valence-electron chi connectivity index (χ3n) is 3.08. The summed E-state index contributed by atoms with van der Waals surface area (Å²) in [5.74, 6) is 0.423. The van der Waals surface area contributed by atoms with Crippen LogP contribution in [-0.2, 0) is 13.6 Å². The summed E-state index contributed by atoms with van der Waals surface area (Å²) in [5, 5.41) is 8.64. The van der Waals surface area contributed by atoms with E-state index in [0.29, 0.717) is 5.92 Å². The van der Waals surface area contributed by atoms with Crippen LogP contribution in [0.2, 0.25) is 5.02 Å². The van der Waals surface area contributed by atoms with Gasteiger partial charge in [-0.25, -0.2) is 0 Å². The van der Waals surface area contributed by atoms with Crippen molar-refractivity contribution in [3.63, 3.8) is 0 Å². The molecule has 0 aliphatic carbocycles. The molecule has 0 unspecified atom stereocenters. The Hall–Kier alpha value is -1.48. The second-order valence-electron chi connectivity index (χ2n) is 5.20. The maximum Gasteiger partial charge on any atom is 0.0699 e. The van der Waals surface area contributed by atoms with Gasteiger partial charge in [0, 0.05) is 25.4 Å². The van der Waals surface area contributed by atoms with Crippen molar-refractivity contribution in [2.24, 2.45) is 7.05 Å². The zero-order chi connectivity index (χ0) is 14.0. The molecule has 3 nitrogen and oxygen atoms in total. The lowest BCUT2D eigenvalue weighted by atomic mass is 10.1. The Bertz CT molecular complexity index is 573. The van der Waals surface area contributed by atoms with Crippen molar-refractivity contribution in [2.45, 2.75) is 33.2 Å². The van der Waals surface area contributed by atoms with Crippen molar-refractivity contribution in [1.82, 2.24) is 9.78 Å². The number of hydrogen-bond acceptors (Lipinski definition) is 2. The topological polar surface area (TPSA) is 29.9 Å². The summed E-state index contributed by atoms with van der Waals surface area (Å²) in [4.78, 5) is 0. The fourth-order valence-corrected chi connectivity index (χ4v) is 2.43. The molecule has 1 N–H and O–H groups in total. The molecule has 2 rings (SSSR count). The standard InChI is InChI=1S/C15H20ClN3/c1-10(2)15-12(9-19(4)18-15)8-17-14-6-5-11(3)7-13(14)16/h5-7,9-10,17H,8H2,1-4H3. The molecule has 0 aliphatic rings. The number of aryl methyl sites for hydroxylation is 2. The zero-order valence-electron chi connectivity index (χ0n) is 11.9. The highest BCUT2D eigenvalue weighted by atomic mass is 35.5. The number of halogens is 1. The van der Waals surface area contributed by atoms with Gasteiger partial charge in [0.2, 0.25) is 0 Å². The fraction of sp³-hybridized carbons (Fsp3) is 0.400. The van der Waals surface area contributed by atoms with E-state index >= 15 is 0 Å². The molecule has 19 heavy (non-hydrogen) atoms. The number of rotatable bonds is 4. The Kier molecular flexibility index (Phi) is 4.15. The summed E-state index contributed by atoms with van der Waals surface area (Å²) in [5.41, 5.74) is 4.48. The number of anilines is 1. The van der Waals surface area contributed by atoms with Crippen molar-refractivity contribution < 1.29 is 0 Å². The first-order valence-corrected chi connectivity index (χ1v) is 6.87. The first-order valence-electron chi connectivity index (χ1n) is 6.50. The summed E-state index contributed by atoms with van der Waals surface area (Å²) >= 11 is 6.22. The van der Waals surface area contributed by atoms with Gasteiger partial charge in [-0.1, -0.05) is 31.5 Å². The number of nitrogens with one attached hydrogen (secondary N) is 1. The Morgan fingerprint density at radius 2 is 2.11 bits per heavy atom. The molecule has 0 amide bonds. The SMILES string of the molecule is Cc1ccc(NCc2cn(C)nc2C(C)C)c(Cl)c1. The molecular weight excluding hydrogens is 258 g/mol. The van der Waals surface area contributed by atoms with E-state index < -0.39 is 0 Å². The van der Waals surface area contributed by atoms with Crippen LogP contribution in [0.5, 0.6) is 0 Å². The van der Waals surface area contributed by atoms with Crippen LogP contribution >= 0.6 is 11.6 Å². The van der Waals surface area contributed by atoms with Gasteiger partial charge >= 0.3 is 0 Å². The molecule has 102 valence electrons. The minimum atomic E-state index is 0.423. The van der Waals surface area contributed by atoms with Crippen LogP contribution in [0.25, 0.3) is 0 Å². The molecule has 0 saturated carbocycles. The normalized spacial score (nSPS) is 11.1. The fourth-order valence-electron chi connectivity index (χ4n) is 2.13. The van der Waals surface area contributed by atoms with Gasteiger partial charge in [-0.3, -0.25) is 4.68 Å². The van der Waals surface area contributed by atoms with Crippen LogP contribution in [-0.4, -0.2) is 9.78 Å². The van der Waals surface area contributed by atoms with Crippen LogP contribution in [0.4, 0.5) is 5.69 Å². The van der Waals surface area contributed by atoms with E-state index in [1.165, 1.54) is 11.1 Å². The average Bonchev–Trinajstić information content (AvgIpc) is 2.69. The maximum absolute atomic E-state index is 6.22. The second-order valence-corrected chi connectivity index (χ2v) is 5.61. The van der Waals surface area contributed by atoms with Crippen LogP contribution in [0.15, 0.2) is 24.4 Å². The van der Waals surface area contributed by atoms with Gasteiger partial charge in [0.05, 0.1) is 16.4 Å². The van der Waals surface area contributed by atoms with E-state index in [1.807, 2.05) is 30.8 Å². The first-order chi connectivity index (χ1) is 8.97. The minimum absolute atomic E-state index is 0.423. The molecule has 1 aromatic heterocycles. The van der Waals surface area contributed by atoms with Crippen LogP contribution < -0.4 is 5.32 Å². The Morgan fingerprint density at radius 1 is 1.37 bits per heavy atom. The minimum Gasteiger partial charge on any atom is -0.380 e.